The molecule has 0 saturated heterocycles. The number of amides is 2. The van der Waals surface area contributed by atoms with Crippen LogP contribution in [0.2, 0.25) is 0 Å². The van der Waals surface area contributed by atoms with Crippen molar-refractivity contribution in [1.29, 1.82) is 0 Å². The number of aryl methyl sites for hydroxylation is 3. The largest absolute Gasteiger partial charge is 0.345 e. The highest BCUT2D eigenvalue weighted by atomic mass is 79.9. The second-order valence-electron chi connectivity index (χ2n) is 5.11. The molecule has 2 rings (SSSR count). The average molecular weight is 368 g/mol. The van der Waals surface area contributed by atoms with Crippen LogP contribution in [0.4, 0.5) is 0 Å². The second-order valence-corrected chi connectivity index (χ2v) is 6.02. The number of carbonyl (C=O) groups is 2. The van der Waals surface area contributed by atoms with Crippen molar-refractivity contribution in [2.45, 2.75) is 20.3 Å². The standard InChI is InChI=1S/C14H18BrN5O2/c1-8-11(9(2)20(4)18-8)6-13(21)16-17-14(22)12-5-10(15)7-19(12)3/h5,7H,6H2,1-4H3,(H,16,21)(H,17,22). The number of rotatable bonds is 3. The fourth-order valence-electron chi connectivity index (χ4n) is 2.22. The van der Waals surface area contributed by atoms with E-state index in [0.29, 0.717) is 5.69 Å². The van der Waals surface area contributed by atoms with Crippen LogP contribution in [0.1, 0.15) is 27.4 Å². The Morgan fingerprint density at radius 2 is 1.95 bits per heavy atom. The molecule has 0 aromatic carbocycles. The van der Waals surface area contributed by atoms with Gasteiger partial charge in [-0.2, -0.15) is 5.10 Å². The number of aromatic nitrogens is 3. The molecule has 7 nitrogen and oxygen atoms in total. The molecule has 2 amide bonds. The molecule has 0 aliphatic carbocycles. The third-order valence-electron chi connectivity index (χ3n) is 3.52. The highest BCUT2D eigenvalue weighted by molar-refractivity contribution is 9.10. The summed E-state index contributed by atoms with van der Waals surface area (Å²) in [6.45, 7) is 3.76. The van der Waals surface area contributed by atoms with Gasteiger partial charge in [0.05, 0.1) is 12.1 Å². The summed E-state index contributed by atoms with van der Waals surface area (Å²) in [4.78, 5) is 24.0. The molecule has 8 heteroatoms. The molecule has 0 bridgehead atoms. The summed E-state index contributed by atoms with van der Waals surface area (Å²) < 4.78 is 4.20. The monoisotopic (exact) mass is 367 g/mol. The third-order valence-corrected chi connectivity index (χ3v) is 3.95. The predicted octanol–water partition coefficient (Wildman–Crippen LogP) is 1.14. The molecule has 2 aromatic heterocycles. The molecular formula is C14H18BrN5O2. The van der Waals surface area contributed by atoms with E-state index in [9.17, 15) is 9.59 Å². The summed E-state index contributed by atoms with van der Waals surface area (Å²) >= 11 is 3.30. The number of hydrogen-bond donors (Lipinski definition) is 2. The van der Waals surface area contributed by atoms with E-state index in [1.165, 1.54) is 0 Å². The van der Waals surface area contributed by atoms with Gasteiger partial charge in [0.1, 0.15) is 5.69 Å². The van der Waals surface area contributed by atoms with Crippen LogP contribution in [-0.2, 0) is 25.3 Å². The van der Waals surface area contributed by atoms with Crippen molar-refractivity contribution in [2.24, 2.45) is 14.1 Å². The third kappa shape index (κ3) is 3.38. The van der Waals surface area contributed by atoms with Gasteiger partial charge in [-0.05, 0) is 35.8 Å². The Morgan fingerprint density at radius 1 is 1.27 bits per heavy atom. The topological polar surface area (TPSA) is 81.0 Å². The normalized spacial score (nSPS) is 10.6. The Morgan fingerprint density at radius 3 is 2.45 bits per heavy atom. The van der Waals surface area contributed by atoms with E-state index in [-0.39, 0.29) is 18.2 Å². The predicted molar refractivity (Wildman–Crippen MR) is 85.1 cm³/mol. The minimum Gasteiger partial charge on any atom is -0.345 e. The van der Waals surface area contributed by atoms with Crippen molar-refractivity contribution < 1.29 is 9.59 Å². The number of halogens is 1. The molecule has 0 fully saturated rings. The molecule has 118 valence electrons. The molecular weight excluding hydrogens is 350 g/mol. The molecule has 0 aliphatic heterocycles. The van der Waals surface area contributed by atoms with E-state index in [1.807, 2.05) is 20.9 Å². The highest BCUT2D eigenvalue weighted by Gasteiger charge is 2.15. The molecule has 2 heterocycles. The molecule has 22 heavy (non-hydrogen) atoms. The lowest BCUT2D eigenvalue weighted by atomic mass is 10.1. The van der Waals surface area contributed by atoms with E-state index >= 15 is 0 Å². The zero-order chi connectivity index (χ0) is 16.4. The first-order valence-corrected chi connectivity index (χ1v) is 7.49. The van der Waals surface area contributed by atoms with Crippen LogP contribution in [0, 0.1) is 13.8 Å². The van der Waals surface area contributed by atoms with Gasteiger partial charge in [0, 0.05) is 36.0 Å². The van der Waals surface area contributed by atoms with E-state index in [2.05, 4.69) is 31.9 Å². The molecule has 0 atom stereocenters. The summed E-state index contributed by atoms with van der Waals surface area (Å²) in [5.74, 6) is -0.665. The van der Waals surface area contributed by atoms with Crippen LogP contribution in [-0.4, -0.2) is 26.2 Å². The lowest BCUT2D eigenvalue weighted by Gasteiger charge is -2.08. The Bertz CT molecular complexity index is 732. The zero-order valence-corrected chi connectivity index (χ0v) is 14.5. The first-order chi connectivity index (χ1) is 10.3. The van der Waals surface area contributed by atoms with Crippen LogP contribution in [0.5, 0.6) is 0 Å². The van der Waals surface area contributed by atoms with Crippen LogP contribution in [0.25, 0.3) is 0 Å². The van der Waals surface area contributed by atoms with Gasteiger partial charge < -0.3 is 4.57 Å². The lowest BCUT2D eigenvalue weighted by Crippen LogP contribution is -2.43. The molecule has 0 unspecified atom stereocenters. The van der Waals surface area contributed by atoms with Gasteiger partial charge >= 0.3 is 0 Å². The lowest BCUT2D eigenvalue weighted by molar-refractivity contribution is -0.121. The summed E-state index contributed by atoms with van der Waals surface area (Å²) in [6.07, 6.45) is 1.93. The van der Waals surface area contributed by atoms with Crippen LogP contribution >= 0.6 is 15.9 Å². The maximum absolute atomic E-state index is 12.0. The van der Waals surface area contributed by atoms with Gasteiger partial charge in [0.25, 0.3) is 5.91 Å². The van der Waals surface area contributed by atoms with Gasteiger partial charge in [-0.1, -0.05) is 0 Å². The molecule has 0 spiro atoms. The SMILES string of the molecule is Cc1nn(C)c(C)c1CC(=O)NNC(=O)c1cc(Br)cn1C. The summed E-state index contributed by atoms with van der Waals surface area (Å²) in [5, 5.41) is 4.26. The second kappa shape index (κ2) is 6.35. The number of nitrogens with zero attached hydrogens (tertiary/aromatic N) is 3. The first kappa shape index (κ1) is 16.3. The van der Waals surface area contributed by atoms with Gasteiger partial charge in [0.15, 0.2) is 0 Å². The summed E-state index contributed by atoms with van der Waals surface area (Å²) in [5.41, 5.74) is 7.90. The Balaban J connectivity index is 1.96. The number of hydrazine groups is 1. The van der Waals surface area contributed by atoms with Gasteiger partial charge in [-0.25, -0.2) is 0 Å². The maximum Gasteiger partial charge on any atom is 0.286 e. The Hall–Kier alpha value is -2.09. The molecule has 0 saturated carbocycles. The number of carbonyl (C=O) groups excluding carboxylic acids is 2. The minimum absolute atomic E-state index is 0.169. The van der Waals surface area contributed by atoms with Crippen molar-refractivity contribution in [3.05, 3.63) is 39.4 Å². The maximum atomic E-state index is 12.0. The van der Waals surface area contributed by atoms with Crippen molar-refractivity contribution in [2.75, 3.05) is 0 Å². The van der Waals surface area contributed by atoms with E-state index in [4.69, 9.17) is 0 Å². The number of hydrogen-bond acceptors (Lipinski definition) is 3. The molecule has 2 N–H and O–H groups in total. The fourth-order valence-corrected chi connectivity index (χ4v) is 2.74. The average Bonchev–Trinajstić information content (AvgIpc) is 2.90. The van der Waals surface area contributed by atoms with Crippen LogP contribution < -0.4 is 10.9 Å². The smallest absolute Gasteiger partial charge is 0.286 e. The van der Waals surface area contributed by atoms with E-state index in [0.717, 1.165) is 21.4 Å². The Labute approximate surface area is 136 Å². The van der Waals surface area contributed by atoms with Crippen molar-refractivity contribution >= 4 is 27.7 Å². The quantitative estimate of drug-likeness (QED) is 0.798. The highest BCUT2D eigenvalue weighted by Crippen LogP contribution is 2.14. The van der Waals surface area contributed by atoms with Crippen LogP contribution in [0.3, 0.4) is 0 Å². The van der Waals surface area contributed by atoms with E-state index in [1.54, 1.807) is 28.6 Å². The van der Waals surface area contributed by atoms with E-state index < -0.39 is 0 Å². The summed E-state index contributed by atoms with van der Waals surface area (Å²) in [6, 6.07) is 1.68. The van der Waals surface area contributed by atoms with Crippen LogP contribution in [0.15, 0.2) is 16.7 Å². The van der Waals surface area contributed by atoms with Gasteiger partial charge in [0.2, 0.25) is 5.91 Å². The van der Waals surface area contributed by atoms with Gasteiger partial charge in [-0.3, -0.25) is 25.1 Å². The first-order valence-electron chi connectivity index (χ1n) is 6.69. The molecule has 0 radical (unpaired) electrons. The minimum atomic E-state index is -0.374. The number of nitrogens with one attached hydrogen (secondary N) is 2. The van der Waals surface area contributed by atoms with Gasteiger partial charge in [-0.15, -0.1) is 0 Å². The van der Waals surface area contributed by atoms with Crippen molar-refractivity contribution in [3.63, 3.8) is 0 Å². The fraction of sp³-hybridized carbons (Fsp3) is 0.357. The Kier molecular flexibility index (Phi) is 4.70. The summed E-state index contributed by atoms with van der Waals surface area (Å²) in [7, 11) is 3.59. The zero-order valence-electron chi connectivity index (χ0n) is 12.9. The molecule has 2 aromatic rings. The van der Waals surface area contributed by atoms with Crippen molar-refractivity contribution in [1.82, 2.24) is 25.2 Å². The van der Waals surface area contributed by atoms with Crippen molar-refractivity contribution in [3.8, 4) is 0 Å². The molecule has 0 aliphatic rings.